The van der Waals surface area contributed by atoms with E-state index >= 15 is 0 Å². The Morgan fingerprint density at radius 3 is 2.20 bits per heavy atom. The Labute approximate surface area is 124 Å². The summed E-state index contributed by atoms with van der Waals surface area (Å²) >= 11 is 0. The van der Waals surface area contributed by atoms with Gasteiger partial charge in [0.05, 0.1) is 6.61 Å². The fourth-order valence-corrected chi connectivity index (χ4v) is 2.14. The minimum absolute atomic E-state index is 0.347. The van der Waals surface area contributed by atoms with Crippen LogP contribution < -0.4 is 10.1 Å². The van der Waals surface area contributed by atoms with Gasteiger partial charge in [0, 0.05) is 6.04 Å². The average Bonchev–Trinajstić information content (AvgIpc) is 2.42. The zero-order chi connectivity index (χ0) is 15.2. The Kier molecular flexibility index (Phi) is 6.54. The van der Waals surface area contributed by atoms with Crippen LogP contribution >= 0.6 is 0 Å². The predicted octanol–water partition coefficient (Wildman–Crippen LogP) is 4.81. The van der Waals surface area contributed by atoms with Crippen LogP contribution in [-0.2, 0) is 0 Å². The van der Waals surface area contributed by atoms with Crippen molar-refractivity contribution in [3.63, 3.8) is 0 Å². The third-order valence-corrected chi connectivity index (χ3v) is 4.17. The van der Waals surface area contributed by atoms with Crippen molar-refractivity contribution in [2.75, 3.05) is 13.7 Å². The second-order valence-corrected chi connectivity index (χ2v) is 6.76. The number of rotatable bonds is 7. The van der Waals surface area contributed by atoms with Crippen molar-refractivity contribution in [3.8, 4) is 5.75 Å². The first kappa shape index (κ1) is 17.0. The topological polar surface area (TPSA) is 21.3 Å². The number of hydrogen-bond acceptors (Lipinski definition) is 2. The normalized spacial score (nSPS) is 14.9. The molecule has 0 saturated carbocycles. The quantitative estimate of drug-likeness (QED) is 0.772. The molecule has 2 unspecified atom stereocenters. The fraction of sp³-hybridized carbons (Fsp3) is 0.667. The highest BCUT2D eigenvalue weighted by Gasteiger charge is 2.23. The van der Waals surface area contributed by atoms with E-state index in [9.17, 15) is 0 Å². The molecule has 1 N–H and O–H groups in total. The first-order valence-electron chi connectivity index (χ1n) is 7.78. The summed E-state index contributed by atoms with van der Waals surface area (Å²) in [5.74, 6) is 1.63. The molecule has 1 aromatic rings. The van der Waals surface area contributed by atoms with Crippen LogP contribution in [0.3, 0.4) is 0 Å². The van der Waals surface area contributed by atoms with E-state index < -0.39 is 0 Å². The van der Waals surface area contributed by atoms with Gasteiger partial charge in [-0.15, -0.1) is 0 Å². The number of benzene rings is 1. The summed E-state index contributed by atoms with van der Waals surface area (Å²) in [6.07, 6.45) is 2.19. The van der Waals surface area contributed by atoms with E-state index in [0.717, 1.165) is 25.2 Å². The maximum absolute atomic E-state index is 5.64. The highest BCUT2D eigenvalue weighted by Crippen LogP contribution is 2.33. The molecule has 0 radical (unpaired) electrons. The summed E-state index contributed by atoms with van der Waals surface area (Å²) in [5, 5.41) is 3.44. The van der Waals surface area contributed by atoms with Crippen LogP contribution in [0.1, 0.15) is 59.1 Å². The van der Waals surface area contributed by atoms with Gasteiger partial charge in [-0.2, -0.15) is 0 Å². The zero-order valence-corrected chi connectivity index (χ0v) is 14.0. The minimum atomic E-state index is 0.347. The second kappa shape index (κ2) is 7.68. The number of hydrogen-bond donors (Lipinski definition) is 1. The first-order chi connectivity index (χ1) is 9.38. The number of ether oxygens (including phenoxy) is 1. The summed E-state index contributed by atoms with van der Waals surface area (Å²) in [6, 6.07) is 8.93. The molecule has 114 valence electrons. The molecule has 2 atom stereocenters. The summed E-state index contributed by atoms with van der Waals surface area (Å²) in [4.78, 5) is 0. The molecular weight excluding hydrogens is 246 g/mol. The van der Waals surface area contributed by atoms with Gasteiger partial charge >= 0.3 is 0 Å². The molecule has 0 fully saturated rings. The highest BCUT2D eigenvalue weighted by atomic mass is 16.5. The summed E-state index contributed by atoms with van der Waals surface area (Å²) in [7, 11) is 2.04. The van der Waals surface area contributed by atoms with E-state index in [1.165, 1.54) is 5.56 Å². The van der Waals surface area contributed by atoms with Crippen molar-refractivity contribution < 1.29 is 4.74 Å². The molecule has 0 aromatic heterocycles. The van der Waals surface area contributed by atoms with E-state index in [1.807, 2.05) is 7.05 Å². The Hall–Kier alpha value is -1.02. The molecule has 0 aliphatic rings. The molecular formula is C18H31NO. The van der Waals surface area contributed by atoms with Crippen molar-refractivity contribution in [1.82, 2.24) is 5.32 Å². The van der Waals surface area contributed by atoms with Gasteiger partial charge in [-0.3, -0.25) is 0 Å². The van der Waals surface area contributed by atoms with Crippen LogP contribution in [0.25, 0.3) is 0 Å². The van der Waals surface area contributed by atoms with Crippen molar-refractivity contribution in [2.45, 2.75) is 53.5 Å². The Bertz CT molecular complexity index is 377. The molecule has 2 heteroatoms. The van der Waals surface area contributed by atoms with Gasteiger partial charge in [-0.05, 0) is 48.9 Å². The monoisotopic (exact) mass is 277 g/mol. The van der Waals surface area contributed by atoms with Crippen LogP contribution in [0.2, 0.25) is 0 Å². The van der Waals surface area contributed by atoms with Gasteiger partial charge in [0.15, 0.2) is 0 Å². The van der Waals surface area contributed by atoms with Crippen molar-refractivity contribution >= 4 is 0 Å². The van der Waals surface area contributed by atoms with Crippen LogP contribution in [0.4, 0.5) is 0 Å². The lowest BCUT2D eigenvalue weighted by atomic mass is 9.77. The Morgan fingerprint density at radius 2 is 1.75 bits per heavy atom. The molecule has 0 saturated heterocycles. The maximum Gasteiger partial charge on any atom is 0.119 e. The van der Waals surface area contributed by atoms with Gasteiger partial charge < -0.3 is 10.1 Å². The fourth-order valence-electron chi connectivity index (χ4n) is 2.14. The molecule has 0 aliphatic heterocycles. The number of nitrogens with one attached hydrogen (secondary N) is 1. The Morgan fingerprint density at radius 1 is 1.15 bits per heavy atom. The molecule has 1 aromatic carbocycles. The molecule has 1 rings (SSSR count). The van der Waals surface area contributed by atoms with E-state index in [2.05, 4.69) is 64.2 Å². The van der Waals surface area contributed by atoms with E-state index in [1.54, 1.807) is 0 Å². The van der Waals surface area contributed by atoms with Gasteiger partial charge in [0.2, 0.25) is 0 Å². The summed E-state index contributed by atoms with van der Waals surface area (Å²) < 4.78 is 5.64. The highest BCUT2D eigenvalue weighted by molar-refractivity contribution is 5.29. The molecule has 0 bridgehead atoms. The van der Waals surface area contributed by atoms with Crippen molar-refractivity contribution in [1.29, 1.82) is 0 Å². The van der Waals surface area contributed by atoms with E-state index in [4.69, 9.17) is 4.74 Å². The molecule has 2 nitrogen and oxygen atoms in total. The van der Waals surface area contributed by atoms with Gasteiger partial charge in [0.1, 0.15) is 5.75 Å². The van der Waals surface area contributed by atoms with E-state index in [0.29, 0.717) is 17.4 Å². The SMILES string of the molecule is CCCOc1ccc(C(CC(C)C(C)(C)C)NC)cc1. The largest absolute Gasteiger partial charge is 0.494 e. The maximum atomic E-state index is 5.64. The molecule has 0 amide bonds. The first-order valence-corrected chi connectivity index (χ1v) is 7.78. The molecule has 0 heterocycles. The van der Waals surface area contributed by atoms with Crippen molar-refractivity contribution in [2.24, 2.45) is 11.3 Å². The van der Waals surface area contributed by atoms with Crippen LogP contribution in [-0.4, -0.2) is 13.7 Å². The molecule has 0 spiro atoms. The average molecular weight is 277 g/mol. The summed E-state index contributed by atoms with van der Waals surface area (Å²) in [5.41, 5.74) is 1.69. The van der Waals surface area contributed by atoms with Gasteiger partial charge in [0.25, 0.3) is 0 Å². The lowest BCUT2D eigenvalue weighted by molar-refractivity contribution is 0.226. The lowest BCUT2D eigenvalue weighted by Gasteiger charge is -2.31. The minimum Gasteiger partial charge on any atom is -0.494 e. The third kappa shape index (κ3) is 5.16. The Balaban J connectivity index is 2.70. The van der Waals surface area contributed by atoms with Gasteiger partial charge in [-0.25, -0.2) is 0 Å². The molecule has 0 aliphatic carbocycles. The third-order valence-electron chi connectivity index (χ3n) is 4.17. The second-order valence-electron chi connectivity index (χ2n) is 6.76. The van der Waals surface area contributed by atoms with Crippen LogP contribution in [0.5, 0.6) is 5.75 Å². The zero-order valence-electron chi connectivity index (χ0n) is 14.0. The standard InChI is InChI=1S/C18H31NO/c1-7-12-20-16-10-8-15(9-11-16)17(19-6)13-14(2)18(3,4)5/h8-11,14,17,19H,7,12-13H2,1-6H3. The van der Waals surface area contributed by atoms with Crippen LogP contribution in [0.15, 0.2) is 24.3 Å². The van der Waals surface area contributed by atoms with E-state index in [-0.39, 0.29) is 0 Å². The predicted molar refractivity (Wildman–Crippen MR) is 87.3 cm³/mol. The van der Waals surface area contributed by atoms with Crippen molar-refractivity contribution in [3.05, 3.63) is 29.8 Å². The summed E-state index contributed by atoms with van der Waals surface area (Å²) in [6.45, 7) is 12.2. The smallest absolute Gasteiger partial charge is 0.119 e. The van der Waals surface area contributed by atoms with Crippen LogP contribution in [0, 0.1) is 11.3 Å². The lowest BCUT2D eigenvalue weighted by Crippen LogP contribution is -2.25. The molecule has 20 heavy (non-hydrogen) atoms. The van der Waals surface area contributed by atoms with Gasteiger partial charge in [-0.1, -0.05) is 46.8 Å².